The van der Waals surface area contributed by atoms with Crippen LogP contribution in [0.5, 0.6) is 0 Å². The Morgan fingerprint density at radius 3 is 1.38 bits per heavy atom. The first-order valence-electron chi connectivity index (χ1n) is 2.79. The smallest absolute Gasteiger partial charge is 0.323 e. The van der Waals surface area contributed by atoms with Gasteiger partial charge in [0, 0.05) is 6.61 Å². The zero-order valence-electron chi connectivity index (χ0n) is 7.39. The summed E-state index contributed by atoms with van der Waals surface area (Å²) in [7, 11) is -6.40. The minimum atomic E-state index is -3.20. The van der Waals surface area contributed by atoms with Crippen molar-refractivity contribution in [2.75, 3.05) is 6.61 Å². The molecule has 9 N–H and O–H groups in total. The first kappa shape index (κ1) is 23.2. The highest BCUT2D eigenvalue weighted by atomic mass is 31.2. The number of aliphatic hydroxyl groups excluding tert-OH is 1. The third-order valence-electron chi connectivity index (χ3n) is 0.398. The largest absolute Gasteiger partial charge is 0.396 e. The predicted octanol–water partition coefficient (Wildman–Crippen LogP) is 0.480. The molecule has 13 heavy (non-hydrogen) atoms. The standard InChI is InChI=1S/C3H8O.2H3N.H4O5P2/c1-2-3-4;;;1-6(2)5-7(3)4/h4H,2-3H2,1H3;2*1H3;6-7H,(H,1,2)(H,3,4). The van der Waals surface area contributed by atoms with E-state index in [9.17, 15) is 9.13 Å². The van der Waals surface area contributed by atoms with Gasteiger partial charge in [0.1, 0.15) is 0 Å². The monoisotopic (exact) mass is 240 g/mol. The van der Waals surface area contributed by atoms with E-state index in [-0.39, 0.29) is 12.3 Å². The molecule has 0 aromatic carbocycles. The summed E-state index contributed by atoms with van der Waals surface area (Å²) in [6.45, 7) is 2.25. The van der Waals surface area contributed by atoms with Crippen molar-refractivity contribution in [3.8, 4) is 0 Å². The maximum absolute atomic E-state index is 9.44. The maximum Gasteiger partial charge on any atom is 0.323 e. The van der Waals surface area contributed by atoms with Gasteiger partial charge >= 0.3 is 16.5 Å². The molecule has 0 saturated heterocycles. The van der Waals surface area contributed by atoms with Gasteiger partial charge in [0.15, 0.2) is 0 Å². The zero-order chi connectivity index (χ0) is 9.28. The minimum absolute atomic E-state index is 0. The molecule has 0 heterocycles. The molecular weight excluding hydrogens is 222 g/mol. The molecule has 8 nitrogen and oxygen atoms in total. The molecule has 0 aromatic heterocycles. The molecule has 2 unspecified atom stereocenters. The fourth-order valence-electron chi connectivity index (χ4n) is 0.0747. The van der Waals surface area contributed by atoms with Crippen LogP contribution >= 0.6 is 16.5 Å². The van der Waals surface area contributed by atoms with E-state index in [2.05, 4.69) is 4.31 Å². The fraction of sp³-hybridized carbons (Fsp3) is 1.00. The number of hydrogen-bond donors (Lipinski definition) is 5. The quantitative estimate of drug-likeness (QED) is 0.442. The van der Waals surface area contributed by atoms with E-state index in [0.29, 0.717) is 6.61 Å². The summed E-state index contributed by atoms with van der Waals surface area (Å²) >= 11 is 0. The lowest BCUT2D eigenvalue weighted by atomic mass is 10.5. The second kappa shape index (κ2) is 18.1. The second-order valence-corrected chi connectivity index (χ2v) is 3.24. The van der Waals surface area contributed by atoms with Crippen LogP contribution in [-0.2, 0) is 13.4 Å². The van der Waals surface area contributed by atoms with Crippen LogP contribution in [-0.4, -0.2) is 21.5 Å². The highest BCUT2D eigenvalue weighted by Gasteiger charge is 1.93. The molecule has 0 aliphatic rings. The average molecular weight is 240 g/mol. The fourth-order valence-corrected chi connectivity index (χ4v) is 0.672. The van der Waals surface area contributed by atoms with E-state index in [0.717, 1.165) is 6.42 Å². The molecule has 2 atom stereocenters. The Hall–Kier alpha value is 0.220. The van der Waals surface area contributed by atoms with Crippen LogP contribution in [0.2, 0.25) is 0 Å². The minimum Gasteiger partial charge on any atom is -0.396 e. The van der Waals surface area contributed by atoms with Crippen LogP contribution in [0.1, 0.15) is 13.3 Å². The Kier molecular flexibility index (Phi) is 32.3. The van der Waals surface area contributed by atoms with E-state index in [1.165, 1.54) is 0 Å². The van der Waals surface area contributed by atoms with E-state index >= 15 is 0 Å². The molecule has 0 bridgehead atoms. The molecule has 0 rings (SSSR count). The Balaban J connectivity index is -0.0000000600. The number of aliphatic hydroxyl groups is 1. The lowest BCUT2D eigenvalue weighted by molar-refractivity contribution is 0.295. The molecule has 0 fully saturated rings. The van der Waals surface area contributed by atoms with Crippen LogP contribution in [0.3, 0.4) is 0 Å². The molecule has 0 saturated carbocycles. The van der Waals surface area contributed by atoms with Crippen LogP contribution in [0.15, 0.2) is 0 Å². The van der Waals surface area contributed by atoms with E-state index < -0.39 is 16.5 Å². The lowest BCUT2D eigenvalue weighted by Crippen LogP contribution is -1.69. The normalized spacial score (nSPS) is 12.3. The van der Waals surface area contributed by atoms with Gasteiger partial charge in [0.2, 0.25) is 0 Å². The van der Waals surface area contributed by atoms with Gasteiger partial charge in [-0.1, -0.05) is 6.92 Å². The molecular formula is C3H18N2O6P2. The van der Waals surface area contributed by atoms with Crippen molar-refractivity contribution >= 4 is 16.5 Å². The maximum atomic E-state index is 9.44. The molecule has 0 amide bonds. The zero-order valence-corrected chi connectivity index (χ0v) is 9.39. The first-order valence-corrected chi connectivity index (χ1v) is 5.31. The summed E-state index contributed by atoms with van der Waals surface area (Å²) in [6.07, 6.45) is 0.875. The number of hydrogen-bond acceptors (Lipinski definition) is 6. The predicted molar refractivity (Wildman–Crippen MR) is 50.9 cm³/mol. The highest BCUT2D eigenvalue weighted by molar-refractivity contribution is 7.46. The van der Waals surface area contributed by atoms with Gasteiger partial charge in [-0.05, 0) is 6.42 Å². The number of rotatable bonds is 3. The third kappa shape index (κ3) is 46.8. The van der Waals surface area contributed by atoms with E-state index in [4.69, 9.17) is 14.9 Å². The summed E-state index contributed by atoms with van der Waals surface area (Å²) in [6, 6.07) is 0. The Bertz CT molecular complexity index is 119. The summed E-state index contributed by atoms with van der Waals surface area (Å²) < 4.78 is 22.3. The SMILES string of the molecule is CCCO.N.N.O=[PH](O)O[PH](=O)O. The van der Waals surface area contributed by atoms with Gasteiger partial charge in [-0.15, -0.1) is 0 Å². The van der Waals surface area contributed by atoms with E-state index in [1.807, 2.05) is 6.92 Å². The average Bonchev–Trinajstić information content (AvgIpc) is 1.85. The van der Waals surface area contributed by atoms with Crippen molar-refractivity contribution in [3.63, 3.8) is 0 Å². The van der Waals surface area contributed by atoms with Gasteiger partial charge in [-0.25, -0.2) is 4.31 Å². The van der Waals surface area contributed by atoms with Crippen molar-refractivity contribution in [2.45, 2.75) is 13.3 Å². The van der Waals surface area contributed by atoms with E-state index in [1.54, 1.807) is 0 Å². The second-order valence-electron chi connectivity index (χ2n) is 1.36. The third-order valence-corrected chi connectivity index (χ3v) is 1.80. The van der Waals surface area contributed by atoms with Crippen molar-refractivity contribution in [2.24, 2.45) is 0 Å². The molecule has 0 aliphatic heterocycles. The van der Waals surface area contributed by atoms with Crippen molar-refractivity contribution in [3.05, 3.63) is 0 Å². The summed E-state index contributed by atoms with van der Waals surface area (Å²) in [5.41, 5.74) is 0. The lowest BCUT2D eigenvalue weighted by Gasteiger charge is -1.86. The Morgan fingerprint density at radius 1 is 1.15 bits per heavy atom. The molecule has 86 valence electrons. The Morgan fingerprint density at radius 2 is 1.38 bits per heavy atom. The molecule has 0 radical (unpaired) electrons. The van der Waals surface area contributed by atoms with Crippen molar-refractivity contribution in [1.29, 1.82) is 0 Å². The molecule has 0 aromatic rings. The Labute approximate surface area is 78.0 Å². The molecule has 0 aliphatic carbocycles. The van der Waals surface area contributed by atoms with Crippen LogP contribution in [0.25, 0.3) is 0 Å². The van der Waals surface area contributed by atoms with Gasteiger partial charge in [-0.3, -0.25) is 9.13 Å². The first-order chi connectivity index (χ1) is 5.04. The highest BCUT2D eigenvalue weighted by Crippen LogP contribution is 2.30. The van der Waals surface area contributed by atoms with Gasteiger partial charge < -0.3 is 27.2 Å². The van der Waals surface area contributed by atoms with Crippen molar-refractivity contribution in [1.82, 2.24) is 12.3 Å². The summed E-state index contributed by atoms with van der Waals surface area (Å²) in [5, 5.41) is 7.88. The summed E-state index contributed by atoms with van der Waals surface area (Å²) in [4.78, 5) is 15.4. The van der Waals surface area contributed by atoms with Crippen LogP contribution < -0.4 is 12.3 Å². The van der Waals surface area contributed by atoms with Crippen LogP contribution in [0, 0.1) is 0 Å². The topological polar surface area (TPSA) is 174 Å². The molecule has 10 heteroatoms. The van der Waals surface area contributed by atoms with Crippen LogP contribution in [0.4, 0.5) is 0 Å². The van der Waals surface area contributed by atoms with Gasteiger partial charge in [0.25, 0.3) is 0 Å². The molecule has 0 spiro atoms. The summed E-state index contributed by atoms with van der Waals surface area (Å²) in [5.74, 6) is 0. The van der Waals surface area contributed by atoms with Gasteiger partial charge in [0.05, 0.1) is 0 Å². The van der Waals surface area contributed by atoms with Crippen molar-refractivity contribution < 1.29 is 28.3 Å². The van der Waals surface area contributed by atoms with Gasteiger partial charge in [-0.2, -0.15) is 0 Å².